The largest absolute Gasteiger partial charge is 0.484 e. The molecule has 0 saturated heterocycles. The first-order chi connectivity index (χ1) is 16.9. The number of para-hydroxylation sites is 1. The molecule has 0 bridgehead atoms. The molecule has 178 valence electrons. The number of anilines is 1. The first-order valence-electron chi connectivity index (χ1n) is 10.8. The molecule has 1 heterocycles. The molecule has 1 aromatic heterocycles. The average Bonchev–Trinajstić information content (AvgIpc) is 3.29. The average molecular weight is 494 g/mol. The van der Waals surface area contributed by atoms with E-state index in [-0.39, 0.29) is 30.5 Å². The molecule has 1 amide bonds. The second-order valence-electron chi connectivity index (χ2n) is 7.37. The van der Waals surface area contributed by atoms with Gasteiger partial charge in [-0.1, -0.05) is 41.9 Å². The van der Waals surface area contributed by atoms with Crippen molar-refractivity contribution in [2.24, 2.45) is 0 Å². The monoisotopic (exact) mass is 493 g/mol. The third kappa shape index (κ3) is 5.85. The maximum Gasteiger partial charge on any atom is 0.358 e. The molecule has 0 aliphatic heterocycles. The molecule has 9 heteroatoms. The Balaban J connectivity index is 1.59. The number of aromatic nitrogens is 2. The van der Waals surface area contributed by atoms with E-state index in [4.69, 9.17) is 21.1 Å². The normalized spacial score (nSPS) is 10.6. The minimum atomic E-state index is -0.619. The van der Waals surface area contributed by atoms with Gasteiger partial charge in [-0.3, -0.25) is 4.79 Å². The van der Waals surface area contributed by atoms with Gasteiger partial charge in [-0.15, -0.1) is 0 Å². The Hall–Kier alpha value is -4.17. The van der Waals surface area contributed by atoms with Gasteiger partial charge in [0, 0.05) is 16.3 Å². The lowest BCUT2D eigenvalue weighted by Crippen LogP contribution is -2.20. The van der Waals surface area contributed by atoms with Crippen LogP contribution in [0.15, 0.2) is 78.9 Å². The van der Waals surface area contributed by atoms with Crippen LogP contribution in [0.5, 0.6) is 5.75 Å². The summed E-state index contributed by atoms with van der Waals surface area (Å²) < 4.78 is 26.4. The van der Waals surface area contributed by atoms with E-state index in [1.54, 1.807) is 73.7 Å². The van der Waals surface area contributed by atoms with Gasteiger partial charge in [-0.25, -0.2) is 13.9 Å². The Kier molecular flexibility index (Phi) is 7.42. The molecule has 0 aliphatic carbocycles. The fraction of sp³-hybridized carbons (Fsp3) is 0.115. The van der Waals surface area contributed by atoms with Gasteiger partial charge in [0.1, 0.15) is 17.3 Å². The summed E-state index contributed by atoms with van der Waals surface area (Å²) in [7, 11) is 0. The number of hydrogen-bond donors (Lipinski definition) is 1. The second kappa shape index (κ2) is 10.8. The molecule has 4 aromatic rings. The van der Waals surface area contributed by atoms with E-state index in [0.717, 1.165) is 0 Å². The minimum absolute atomic E-state index is 0.0365. The molecule has 0 spiro atoms. The van der Waals surface area contributed by atoms with Gasteiger partial charge in [0.2, 0.25) is 0 Å². The standard InChI is InChI=1S/C26H21ClFN3O4/c1-2-34-26(33)22-15-24(31(30-22)23-12-4-3-11-21(23)28)17-7-5-9-19(13-17)29-25(32)16-35-20-10-6-8-18(27)14-20/h3-15H,2,16H2,1H3,(H,29,32). The van der Waals surface area contributed by atoms with Gasteiger partial charge >= 0.3 is 5.97 Å². The van der Waals surface area contributed by atoms with Crippen molar-refractivity contribution in [2.45, 2.75) is 6.92 Å². The molecular weight excluding hydrogens is 473 g/mol. The van der Waals surface area contributed by atoms with Crippen LogP contribution in [0.2, 0.25) is 5.02 Å². The number of carbonyl (C=O) groups excluding carboxylic acids is 2. The Morgan fingerprint density at radius 3 is 2.60 bits per heavy atom. The number of rotatable bonds is 8. The molecule has 35 heavy (non-hydrogen) atoms. The summed E-state index contributed by atoms with van der Waals surface area (Å²) in [5.41, 5.74) is 1.74. The lowest BCUT2D eigenvalue weighted by atomic mass is 10.1. The maximum absolute atomic E-state index is 14.6. The number of ether oxygens (including phenoxy) is 2. The summed E-state index contributed by atoms with van der Waals surface area (Å²) in [5, 5.41) is 7.55. The number of benzene rings is 3. The molecule has 0 aliphatic rings. The predicted molar refractivity (Wildman–Crippen MR) is 130 cm³/mol. The fourth-order valence-corrected chi connectivity index (χ4v) is 3.54. The second-order valence-corrected chi connectivity index (χ2v) is 7.81. The van der Waals surface area contributed by atoms with Gasteiger partial charge in [-0.05, 0) is 55.5 Å². The third-order valence-electron chi connectivity index (χ3n) is 4.88. The van der Waals surface area contributed by atoms with E-state index in [9.17, 15) is 14.0 Å². The lowest BCUT2D eigenvalue weighted by molar-refractivity contribution is -0.118. The highest BCUT2D eigenvalue weighted by Crippen LogP contribution is 2.28. The first kappa shape index (κ1) is 24.0. The molecule has 0 fully saturated rings. The zero-order valence-corrected chi connectivity index (χ0v) is 19.5. The van der Waals surface area contributed by atoms with Crippen LogP contribution in [-0.2, 0) is 9.53 Å². The van der Waals surface area contributed by atoms with Crippen molar-refractivity contribution in [1.29, 1.82) is 0 Å². The Labute approximate surface area is 206 Å². The van der Waals surface area contributed by atoms with Gasteiger partial charge in [0.15, 0.2) is 12.3 Å². The summed E-state index contributed by atoms with van der Waals surface area (Å²) >= 11 is 5.93. The topological polar surface area (TPSA) is 82.5 Å². The molecule has 0 radical (unpaired) electrons. The smallest absolute Gasteiger partial charge is 0.358 e. The molecule has 0 unspecified atom stereocenters. The highest BCUT2D eigenvalue weighted by atomic mass is 35.5. The van der Waals surface area contributed by atoms with Crippen LogP contribution in [0, 0.1) is 5.82 Å². The molecule has 3 aromatic carbocycles. The molecule has 7 nitrogen and oxygen atoms in total. The van der Waals surface area contributed by atoms with E-state index >= 15 is 0 Å². The van der Waals surface area contributed by atoms with Crippen LogP contribution in [0.4, 0.5) is 10.1 Å². The van der Waals surface area contributed by atoms with E-state index in [0.29, 0.717) is 27.7 Å². The lowest BCUT2D eigenvalue weighted by Gasteiger charge is -2.11. The van der Waals surface area contributed by atoms with Crippen molar-refractivity contribution in [3.63, 3.8) is 0 Å². The molecular formula is C26H21ClFN3O4. The number of esters is 1. The zero-order valence-electron chi connectivity index (χ0n) is 18.7. The number of hydrogen-bond acceptors (Lipinski definition) is 5. The van der Waals surface area contributed by atoms with Crippen molar-refractivity contribution in [3.05, 3.63) is 95.4 Å². The Bertz CT molecular complexity index is 1370. The Morgan fingerprint density at radius 1 is 1.03 bits per heavy atom. The number of nitrogens with zero attached hydrogens (tertiary/aromatic N) is 2. The van der Waals surface area contributed by atoms with Crippen LogP contribution in [0.25, 0.3) is 16.9 Å². The van der Waals surface area contributed by atoms with E-state index in [1.807, 2.05) is 0 Å². The number of carbonyl (C=O) groups is 2. The highest BCUT2D eigenvalue weighted by Gasteiger charge is 2.19. The van der Waals surface area contributed by atoms with Crippen LogP contribution >= 0.6 is 11.6 Å². The van der Waals surface area contributed by atoms with Crippen LogP contribution < -0.4 is 10.1 Å². The van der Waals surface area contributed by atoms with E-state index < -0.39 is 11.8 Å². The number of amides is 1. The van der Waals surface area contributed by atoms with Gasteiger partial charge in [-0.2, -0.15) is 5.10 Å². The molecule has 0 atom stereocenters. The van der Waals surface area contributed by atoms with Crippen molar-refractivity contribution >= 4 is 29.2 Å². The van der Waals surface area contributed by atoms with Gasteiger partial charge in [0.25, 0.3) is 5.91 Å². The number of nitrogens with one attached hydrogen (secondary N) is 1. The summed E-state index contributed by atoms with van der Waals surface area (Å²) in [4.78, 5) is 24.7. The molecule has 1 N–H and O–H groups in total. The van der Waals surface area contributed by atoms with E-state index in [1.165, 1.54) is 16.8 Å². The summed E-state index contributed by atoms with van der Waals surface area (Å²) in [6.45, 7) is 1.65. The summed E-state index contributed by atoms with van der Waals surface area (Å²) in [5.74, 6) is -1.03. The fourth-order valence-electron chi connectivity index (χ4n) is 3.36. The van der Waals surface area contributed by atoms with Crippen molar-refractivity contribution < 1.29 is 23.5 Å². The van der Waals surface area contributed by atoms with Gasteiger partial charge in [0.05, 0.1) is 12.3 Å². The van der Waals surface area contributed by atoms with E-state index in [2.05, 4.69) is 10.4 Å². The molecule has 0 saturated carbocycles. The van der Waals surface area contributed by atoms with Crippen molar-refractivity contribution in [3.8, 4) is 22.7 Å². The third-order valence-corrected chi connectivity index (χ3v) is 5.12. The first-order valence-corrected chi connectivity index (χ1v) is 11.1. The Morgan fingerprint density at radius 2 is 1.83 bits per heavy atom. The summed E-state index contributed by atoms with van der Waals surface area (Å²) in [6.07, 6.45) is 0. The zero-order chi connectivity index (χ0) is 24.8. The van der Waals surface area contributed by atoms with Crippen LogP contribution in [0.3, 0.4) is 0 Å². The maximum atomic E-state index is 14.6. The van der Waals surface area contributed by atoms with Crippen LogP contribution in [-0.4, -0.2) is 34.9 Å². The summed E-state index contributed by atoms with van der Waals surface area (Å²) in [6, 6.07) is 21.3. The minimum Gasteiger partial charge on any atom is -0.484 e. The van der Waals surface area contributed by atoms with Gasteiger partial charge < -0.3 is 14.8 Å². The SMILES string of the molecule is CCOC(=O)c1cc(-c2cccc(NC(=O)COc3cccc(Cl)c3)c2)n(-c2ccccc2F)n1. The highest BCUT2D eigenvalue weighted by molar-refractivity contribution is 6.30. The molecule has 4 rings (SSSR count). The predicted octanol–water partition coefficient (Wildman–Crippen LogP) is 5.53. The van der Waals surface area contributed by atoms with Crippen molar-refractivity contribution in [2.75, 3.05) is 18.5 Å². The van der Waals surface area contributed by atoms with Crippen molar-refractivity contribution in [1.82, 2.24) is 9.78 Å². The number of halogens is 2. The van der Waals surface area contributed by atoms with Crippen LogP contribution in [0.1, 0.15) is 17.4 Å². The quantitative estimate of drug-likeness (QED) is 0.326.